The maximum Gasteiger partial charge on any atom is 0.0371 e. The van der Waals surface area contributed by atoms with E-state index in [1.165, 1.54) is 36.1 Å². The van der Waals surface area contributed by atoms with Gasteiger partial charge in [0.1, 0.15) is 0 Å². The molecule has 19 heavy (non-hydrogen) atoms. The highest BCUT2D eigenvalue weighted by molar-refractivity contribution is 5.51. The van der Waals surface area contributed by atoms with E-state index in [0.29, 0.717) is 6.04 Å². The quantitative estimate of drug-likeness (QED) is 0.770. The van der Waals surface area contributed by atoms with Crippen LogP contribution in [-0.2, 0) is 6.42 Å². The summed E-state index contributed by atoms with van der Waals surface area (Å²) in [4.78, 5) is 2.54. The summed E-state index contributed by atoms with van der Waals surface area (Å²) >= 11 is 0. The molecule has 0 saturated carbocycles. The summed E-state index contributed by atoms with van der Waals surface area (Å²) in [7, 11) is 0. The fourth-order valence-electron chi connectivity index (χ4n) is 2.45. The first-order valence-corrected chi connectivity index (χ1v) is 7.70. The SMILES string of the molecule is CCCCN(c1ccc(CCN)c(C)c1)C(C)CC. The minimum atomic E-state index is 0.603. The van der Waals surface area contributed by atoms with E-state index < -0.39 is 0 Å². The van der Waals surface area contributed by atoms with E-state index >= 15 is 0 Å². The second kappa shape index (κ2) is 8.21. The molecule has 0 heterocycles. The van der Waals surface area contributed by atoms with Crippen LogP contribution in [0.2, 0.25) is 0 Å². The molecule has 0 spiro atoms. The maximum atomic E-state index is 5.65. The molecule has 1 rings (SSSR count). The van der Waals surface area contributed by atoms with Gasteiger partial charge in [-0.3, -0.25) is 0 Å². The van der Waals surface area contributed by atoms with E-state index in [2.05, 4.69) is 50.8 Å². The zero-order chi connectivity index (χ0) is 14.3. The number of hydrogen-bond acceptors (Lipinski definition) is 2. The van der Waals surface area contributed by atoms with Gasteiger partial charge in [-0.05, 0) is 62.9 Å². The Labute approximate surface area is 119 Å². The van der Waals surface area contributed by atoms with Crippen LogP contribution in [0.3, 0.4) is 0 Å². The normalized spacial score (nSPS) is 12.5. The van der Waals surface area contributed by atoms with Crippen molar-refractivity contribution in [1.29, 1.82) is 0 Å². The molecule has 2 nitrogen and oxygen atoms in total. The third-order valence-corrected chi connectivity index (χ3v) is 3.95. The van der Waals surface area contributed by atoms with Gasteiger partial charge in [0.2, 0.25) is 0 Å². The lowest BCUT2D eigenvalue weighted by Crippen LogP contribution is -2.33. The van der Waals surface area contributed by atoms with Crippen LogP contribution >= 0.6 is 0 Å². The largest absolute Gasteiger partial charge is 0.369 e. The van der Waals surface area contributed by atoms with Gasteiger partial charge in [0.05, 0.1) is 0 Å². The van der Waals surface area contributed by atoms with Crippen molar-refractivity contribution >= 4 is 5.69 Å². The summed E-state index contributed by atoms with van der Waals surface area (Å²) in [6, 6.07) is 7.44. The van der Waals surface area contributed by atoms with E-state index in [4.69, 9.17) is 5.73 Å². The lowest BCUT2D eigenvalue weighted by molar-refractivity contribution is 0.595. The summed E-state index contributed by atoms with van der Waals surface area (Å²) in [6.45, 7) is 10.9. The van der Waals surface area contributed by atoms with Gasteiger partial charge >= 0.3 is 0 Å². The van der Waals surface area contributed by atoms with Gasteiger partial charge in [0.25, 0.3) is 0 Å². The number of nitrogens with two attached hydrogens (primary N) is 1. The van der Waals surface area contributed by atoms with Crippen molar-refractivity contribution in [2.75, 3.05) is 18.0 Å². The van der Waals surface area contributed by atoms with Crippen molar-refractivity contribution in [2.24, 2.45) is 5.73 Å². The lowest BCUT2D eigenvalue weighted by atomic mass is 10.0. The molecule has 0 aliphatic rings. The first-order chi connectivity index (χ1) is 9.13. The highest BCUT2D eigenvalue weighted by Gasteiger charge is 2.13. The minimum Gasteiger partial charge on any atom is -0.369 e. The molecule has 0 aliphatic carbocycles. The van der Waals surface area contributed by atoms with Crippen LogP contribution in [0.1, 0.15) is 51.2 Å². The summed E-state index contributed by atoms with van der Waals surface area (Å²) in [5.74, 6) is 0. The van der Waals surface area contributed by atoms with Crippen LogP contribution in [0.4, 0.5) is 5.69 Å². The highest BCUT2D eigenvalue weighted by atomic mass is 15.2. The summed E-state index contributed by atoms with van der Waals surface area (Å²) < 4.78 is 0. The number of aryl methyl sites for hydroxylation is 1. The Kier molecular flexibility index (Phi) is 6.93. The van der Waals surface area contributed by atoms with Gasteiger partial charge in [0, 0.05) is 18.3 Å². The van der Waals surface area contributed by atoms with E-state index in [0.717, 1.165) is 19.5 Å². The van der Waals surface area contributed by atoms with Crippen molar-refractivity contribution in [1.82, 2.24) is 0 Å². The van der Waals surface area contributed by atoms with Crippen LogP contribution in [0.15, 0.2) is 18.2 Å². The Bertz CT molecular complexity index is 374. The van der Waals surface area contributed by atoms with Crippen LogP contribution in [0.25, 0.3) is 0 Å². The van der Waals surface area contributed by atoms with Gasteiger partial charge in [-0.2, -0.15) is 0 Å². The molecule has 2 N–H and O–H groups in total. The number of nitrogens with zero attached hydrogens (tertiary/aromatic N) is 1. The number of anilines is 1. The van der Waals surface area contributed by atoms with Gasteiger partial charge < -0.3 is 10.6 Å². The topological polar surface area (TPSA) is 29.3 Å². The molecule has 0 amide bonds. The van der Waals surface area contributed by atoms with Crippen molar-refractivity contribution < 1.29 is 0 Å². The van der Waals surface area contributed by atoms with Crippen LogP contribution < -0.4 is 10.6 Å². The number of rotatable bonds is 8. The molecular weight excluding hydrogens is 232 g/mol. The van der Waals surface area contributed by atoms with E-state index in [1.807, 2.05) is 0 Å². The zero-order valence-corrected chi connectivity index (χ0v) is 13.1. The predicted molar refractivity (Wildman–Crippen MR) is 85.9 cm³/mol. The maximum absolute atomic E-state index is 5.65. The fourth-order valence-corrected chi connectivity index (χ4v) is 2.45. The lowest BCUT2D eigenvalue weighted by Gasteiger charge is -2.31. The third kappa shape index (κ3) is 4.54. The molecule has 1 aromatic carbocycles. The van der Waals surface area contributed by atoms with Gasteiger partial charge in [-0.1, -0.05) is 26.3 Å². The van der Waals surface area contributed by atoms with Crippen molar-refractivity contribution in [2.45, 2.75) is 59.4 Å². The van der Waals surface area contributed by atoms with Crippen LogP contribution in [0, 0.1) is 6.92 Å². The first-order valence-electron chi connectivity index (χ1n) is 7.70. The predicted octanol–water partition coefficient (Wildman–Crippen LogP) is 3.90. The molecule has 0 radical (unpaired) electrons. The van der Waals surface area contributed by atoms with Gasteiger partial charge in [-0.15, -0.1) is 0 Å². The molecule has 0 fully saturated rings. The molecule has 0 saturated heterocycles. The first kappa shape index (κ1) is 16.0. The molecule has 0 bridgehead atoms. The Balaban J connectivity index is 2.92. The number of unbranched alkanes of at least 4 members (excludes halogenated alkanes) is 1. The average molecular weight is 262 g/mol. The summed E-state index contributed by atoms with van der Waals surface area (Å²) in [6.07, 6.45) is 4.67. The molecular formula is C17H30N2. The Morgan fingerprint density at radius 3 is 2.53 bits per heavy atom. The standard InChI is InChI=1S/C17H30N2/c1-5-7-12-19(15(4)6-2)17-9-8-16(10-11-18)14(3)13-17/h8-9,13,15H,5-7,10-12,18H2,1-4H3. The second-order valence-corrected chi connectivity index (χ2v) is 5.45. The summed E-state index contributed by atoms with van der Waals surface area (Å²) in [5.41, 5.74) is 9.76. The number of hydrogen-bond donors (Lipinski definition) is 1. The van der Waals surface area contributed by atoms with E-state index in [1.54, 1.807) is 0 Å². The minimum absolute atomic E-state index is 0.603. The Morgan fingerprint density at radius 1 is 1.26 bits per heavy atom. The van der Waals surface area contributed by atoms with Crippen LogP contribution in [-0.4, -0.2) is 19.1 Å². The molecule has 108 valence electrons. The average Bonchev–Trinajstić information content (AvgIpc) is 2.41. The van der Waals surface area contributed by atoms with Crippen molar-refractivity contribution in [3.63, 3.8) is 0 Å². The second-order valence-electron chi connectivity index (χ2n) is 5.45. The molecule has 1 unspecified atom stereocenters. The molecule has 0 aromatic heterocycles. The summed E-state index contributed by atoms with van der Waals surface area (Å²) in [5, 5.41) is 0. The van der Waals surface area contributed by atoms with E-state index in [9.17, 15) is 0 Å². The number of benzene rings is 1. The highest BCUT2D eigenvalue weighted by Crippen LogP contribution is 2.23. The molecule has 1 atom stereocenters. The molecule has 2 heteroatoms. The van der Waals surface area contributed by atoms with Gasteiger partial charge in [0.15, 0.2) is 0 Å². The van der Waals surface area contributed by atoms with Crippen molar-refractivity contribution in [3.8, 4) is 0 Å². The van der Waals surface area contributed by atoms with E-state index in [-0.39, 0.29) is 0 Å². The zero-order valence-electron chi connectivity index (χ0n) is 13.1. The smallest absolute Gasteiger partial charge is 0.0371 e. The third-order valence-electron chi connectivity index (χ3n) is 3.95. The Hall–Kier alpha value is -1.02. The van der Waals surface area contributed by atoms with Gasteiger partial charge in [-0.25, -0.2) is 0 Å². The van der Waals surface area contributed by atoms with Crippen LogP contribution in [0.5, 0.6) is 0 Å². The monoisotopic (exact) mass is 262 g/mol. The Morgan fingerprint density at radius 2 is 2.00 bits per heavy atom. The fraction of sp³-hybridized carbons (Fsp3) is 0.647. The van der Waals surface area contributed by atoms with Crippen molar-refractivity contribution in [3.05, 3.63) is 29.3 Å². The molecule has 0 aliphatic heterocycles. The molecule has 1 aromatic rings.